The number of rotatable bonds is 2. The minimum atomic E-state index is -4.77. The summed E-state index contributed by atoms with van der Waals surface area (Å²) in [5.74, 6) is -0.00893. The monoisotopic (exact) mass is 517 g/mol. The standard InChI is InChI=1S/C25H23F4N5OS/c1-13-11-33(12-14(2)31-13)23-18-9-19(25(27,28)29)20(17-5-4-16(26)8-15(17)10-30)22-21(18)34(24(35)32-23)6-3-7-36-22/h4-5,8-9,13-14,31H,3,6-7,11-12H2,1-2H3. The van der Waals surface area contributed by atoms with Gasteiger partial charge in [-0.3, -0.25) is 4.57 Å². The lowest BCUT2D eigenvalue weighted by molar-refractivity contribution is -0.137. The highest BCUT2D eigenvalue weighted by Gasteiger charge is 2.38. The second-order valence-electron chi connectivity index (χ2n) is 9.27. The third-order valence-electron chi connectivity index (χ3n) is 6.50. The van der Waals surface area contributed by atoms with E-state index in [9.17, 15) is 27.6 Å². The minimum Gasteiger partial charge on any atom is -0.353 e. The number of alkyl halides is 3. The molecule has 1 fully saturated rings. The van der Waals surface area contributed by atoms with Gasteiger partial charge in [0.1, 0.15) is 11.6 Å². The van der Waals surface area contributed by atoms with Crippen LogP contribution in [0.4, 0.5) is 23.4 Å². The van der Waals surface area contributed by atoms with Crippen LogP contribution in [0, 0.1) is 17.1 Å². The molecule has 5 rings (SSSR count). The summed E-state index contributed by atoms with van der Waals surface area (Å²) in [6.45, 7) is 5.23. The molecule has 3 heterocycles. The number of hydrogen-bond acceptors (Lipinski definition) is 6. The Hall–Kier alpha value is -3.10. The second-order valence-corrected chi connectivity index (χ2v) is 10.4. The van der Waals surface area contributed by atoms with Crippen LogP contribution in [0.2, 0.25) is 0 Å². The highest BCUT2D eigenvalue weighted by Crippen LogP contribution is 2.48. The van der Waals surface area contributed by atoms with Gasteiger partial charge in [-0.15, -0.1) is 11.8 Å². The Balaban J connectivity index is 1.92. The molecular formula is C25H23F4N5OS. The van der Waals surface area contributed by atoms with Gasteiger partial charge in [0.15, 0.2) is 0 Å². The van der Waals surface area contributed by atoms with Crippen molar-refractivity contribution in [1.29, 1.82) is 5.26 Å². The molecule has 3 aromatic rings. The van der Waals surface area contributed by atoms with Crippen molar-refractivity contribution in [1.82, 2.24) is 14.9 Å². The van der Waals surface area contributed by atoms with Gasteiger partial charge in [0, 0.05) is 53.1 Å². The number of hydrogen-bond donors (Lipinski definition) is 1. The van der Waals surface area contributed by atoms with E-state index in [-0.39, 0.29) is 44.9 Å². The number of nitrogens with zero attached hydrogens (tertiary/aromatic N) is 4. The van der Waals surface area contributed by atoms with Gasteiger partial charge in [-0.1, -0.05) is 6.07 Å². The zero-order valence-corrected chi connectivity index (χ0v) is 20.4. The van der Waals surface area contributed by atoms with Crippen molar-refractivity contribution < 1.29 is 17.6 Å². The third kappa shape index (κ3) is 4.22. The summed E-state index contributed by atoms with van der Waals surface area (Å²) < 4.78 is 59.2. The Morgan fingerprint density at radius 2 is 1.92 bits per heavy atom. The van der Waals surface area contributed by atoms with Crippen LogP contribution in [0.3, 0.4) is 0 Å². The third-order valence-corrected chi connectivity index (χ3v) is 7.68. The molecule has 0 radical (unpaired) electrons. The van der Waals surface area contributed by atoms with E-state index in [4.69, 9.17) is 0 Å². The molecule has 6 nitrogen and oxygen atoms in total. The van der Waals surface area contributed by atoms with Crippen molar-refractivity contribution in [3.63, 3.8) is 0 Å². The molecule has 0 spiro atoms. The number of halogens is 4. The number of aromatic nitrogens is 2. The van der Waals surface area contributed by atoms with Crippen LogP contribution in [-0.2, 0) is 12.7 Å². The minimum absolute atomic E-state index is 0.0145. The first-order valence-electron chi connectivity index (χ1n) is 11.6. The SMILES string of the molecule is CC1CN(c2nc(=O)n3c4c(c(-c5ccc(F)cc5C#N)c(C(F)(F)F)cc24)SCCC3)CC(C)N1. The van der Waals surface area contributed by atoms with E-state index in [1.165, 1.54) is 22.4 Å². The molecule has 0 bridgehead atoms. The number of nitrogens with one attached hydrogen (secondary N) is 1. The fraction of sp³-hybridized carbons (Fsp3) is 0.400. The molecule has 0 amide bonds. The second kappa shape index (κ2) is 9.09. The van der Waals surface area contributed by atoms with Gasteiger partial charge in [0.05, 0.1) is 22.7 Å². The molecule has 1 saturated heterocycles. The molecule has 1 aromatic heterocycles. The van der Waals surface area contributed by atoms with Crippen LogP contribution in [0.1, 0.15) is 31.4 Å². The van der Waals surface area contributed by atoms with Gasteiger partial charge in [-0.2, -0.15) is 23.4 Å². The molecule has 2 aromatic carbocycles. The van der Waals surface area contributed by atoms with Gasteiger partial charge in [-0.05, 0) is 44.2 Å². The van der Waals surface area contributed by atoms with Crippen molar-refractivity contribution in [2.24, 2.45) is 0 Å². The van der Waals surface area contributed by atoms with Crippen LogP contribution in [0.25, 0.3) is 22.0 Å². The molecule has 0 aliphatic carbocycles. The maximum Gasteiger partial charge on any atom is 0.417 e. The zero-order valence-electron chi connectivity index (χ0n) is 19.6. The lowest BCUT2D eigenvalue weighted by Crippen LogP contribution is -2.55. The fourth-order valence-electron chi connectivity index (χ4n) is 5.20. The number of benzene rings is 2. The predicted molar refractivity (Wildman–Crippen MR) is 131 cm³/mol. The van der Waals surface area contributed by atoms with Crippen molar-refractivity contribution in [2.45, 2.75) is 50.0 Å². The molecule has 2 aliphatic rings. The first-order valence-corrected chi connectivity index (χ1v) is 12.6. The molecule has 1 N–H and O–H groups in total. The van der Waals surface area contributed by atoms with E-state index >= 15 is 0 Å². The largest absolute Gasteiger partial charge is 0.417 e. The summed E-state index contributed by atoms with van der Waals surface area (Å²) in [5.41, 5.74) is -1.50. The van der Waals surface area contributed by atoms with Crippen molar-refractivity contribution >= 4 is 28.5 Å². The first kappa shape index (κ1) is 24.6. The van der Waals surface area contributed by atoms with Crippen LogP contribution in [0.5, 0.6) is 0 Å². The highest BCUT2D eigenvalue weighted by atomic mass is 32.2. The highest BCUT2D eigenvalue weighted by molar-refractivity contribution is 7.99. The Bertz CT molecular complexity index is 1450. The molecule has 0 saturated carbocycles. The number of nitriles is 1. The molecule has 36 heavy (non-hydrogen) atoms. The van der Waals surface area contributed by atoms with Crippen LogP contribution < -0.4 is 15.9 Å². The maximum atomic E-state index is 14.6. The lowest BCUT2D eigenvalue weighted by atomic mass is 9.93. The smallest absolute Gasteiger partial charge is 0.353 e. The van der Waals surface area contributed by atoms with E-state index in [2.05, 4.69) is 10.3 Å². The molecule has 2 aliphatic heterocycles. The summed E-state index contributed by atoms with van der Waals surface area (Å²) in [5, 5.41) is 13.3. The van der Waals surface area contributed by atoms with Crippen LogP contribution in [-0.4, -0.2) is 40.5 Å². The summed E-state index contributed by atoms with van der Waals surface area (Å²) in [7, 11) is 0. The van der Waals surface area contributed by atoms with Crippen molar-refractivity contribution in [2.75, 3.05) is 23.7 Å². The number of anilines is 1. The zero-order chi connectivity index (χ0) is 25.8. The van der Waals surface area contributed by atoms with Crippen LogP contribution >= 0.6 is 11.8 Å². The number of thioether (sulfide) groups is 1. The average molecular weight is 518 g/mol. The van der Waals surface area contributed by atoms with Crippen molar-refractivity contribution in [3.05, 3.63) is 51.7 Å². The number of aryl methyl sites for hydroxylation is 1. The van der Waals surface area contributed by atoms with E-state index in [1.807, 2.05) is 24.8 Å². The number of piperazine rings is 1. The van der Waals surface area contributed by atoms with Gasteiger partial charge in [0.2, 0.25) is 0 Å². The summed E-state index contributed by atoms with van der Waals surface area (Å²) in [4.78, 5) is 19.6. The van der Waals surface area contributed by atoms with Gasteiger partial charge in [0.25, 0.3) is 0 Å². The Morgan fingerprint density at radius 1 is 1.19 bits per heavy atom. The van der Waals surface area contributed by atoms with Gasteiger partial charge < -0.3 is 10.2 Å². The Labute approximate surface area is 208 Å². The fourth-order valence-corrected chi connectivity index (χ4v) is 6.40. The Morgan fingerprint density at radius 3 is 2.58 bits per heavy atom. The van der Waals surface area contributed by atoms with E-state index in [0.29, 0.717) is 37.3 Å². The van der Waals surface area contributed by atoms with E-state index in [0.717, 1.165) is 18.2 Å². The average Bonchev–Trinajstić information content (AvgIpc) is 3.04. The molecule has 188 valence electrons. The molecule has 11 heteroatoms. The molecule has 2 unspecified atom stereocenters. The quantitative estimate of drug-likeness (QED) is 0.494. The first-order chi connectivity index (χ1) is 17.1. The lowest BCUT2D eigenvalue weighted by Gasteiger charge is -2.37. The van der Waals surface area contributed by atoms with Crippen molar-refractivity contribution in [3.8, 4) is 17.2 Å². The van der Waals surface area contributed by atoms with Gasteiger partial charge >= 0.3 is 11.9 Å². The van der Waals surface area contributed by atoms with Gasteiger partial charge in [-0.25, -0.2) is 9.18 Å². The summed E-state index contributed by atoms with van der Waals surface area (Å²) >= 11 is 1.22. The topological polar surface area (TPSA) is 74.0 Å². The summed E-state index contributed by atoms with van der Waals surface area (Å²) in [6, 6.07) is 6.16. The van der Waals surface area contributed by atoms with E-state index < -0.39 is 23.2 Å². The molecular weight excluding hydrogens is 494 g/mol. The van der Waals surface area contributed by atoms with E-state index in [1.54, 1.807) is 0 Å². The molecule has 2 atom stereocenters. The van der Waals surface area contributed by atoms with Crippen LogP contribution in [0.15, 0.2) is 34.0 Å². The summed E-state index contributed by atoms with van der Waals surface area (Å²) in [6.07, 6.45) is -4.21. The maximum absolute atomic E-state index is 14.6. The predicted octanol–water partition coefficient (Wildman–Crippen LogP) is 4.78. The Kier molecular flexibility index (Phi) is 6.21. The normalized spacial score (nSPS) is 20.3.